The molecular formula is C17H15F3N4O2. The molecule has 0 atom stereocenters. The van der Waals surface area contributed by atoms with Crippen molar-refractivity contribution in [2.75, 3.05) is 25.0 Å². The molecule has 0 aliphatic carbocycles. The number of benzene rings is 1. The molecule has 0 unspecified atom stereocenters. The quantitative estimate of drug-likeness (QED) is 0.738. The third-order valence-electron chi connectivity index (χ3n) is 3.21. The number of nitrogens with one attached hydrogen (secondary N) is 2. The lowest BCUT2D eigenvalue weighted by Gasteiger charge is -2.13. The van der Waals surface area contributed by atoms with E-state index in [0.717, 1.165) is 6.07 Å². The Bertz CT molecular complexity index is 786. The highest BCUT2D eigenvalue weighted by Gasteiger charge is 2.33. The average molecular weight is 364 g/mol. The summed E-state index contributed by atoms with van der Waals surface area (Å²) in [4.78, 5) is 15.3. The van der Waals surface area contributed by atoms with Gasteiger partial charge in [0, 0.05) is 19.3 Å². The summed E-state index contributed by atoms with van der Waals surface area (Å²) in [5, 5.41) is 13.7. The lowest BCUT2D eigenvalue weighted by atomic mass is 10.2. The van der Waals surface area contributed by atoms with Crippen LogP contribution in [0, 0.1) is 11.3 Å². The van der Waals surface area contributed by atoms with Gasteiger partial charge < -0.3 is 15.4 Å². The first-order valence-electron chi connectivity index (χ1n) is 7.56. The Kier molecular flexibility index (Phi) is 6.38. The SMILES string of the molecule is N#Cc1ccc(OCC(=O)NCCNc2ncccc2C(F)(F)F)cc1. The lowest BCUT2D eigenvalue weighted by Crippen LogP contribution is -2.33. The summed E-state index contributed by atoms with van der Waals surface area (Å²) in [6, 6.07) is 10.3. The number of hydrogen-bond donors (Lipinski definition) is 2. The first-order chi connectivity index (χ1) is 12.4. The molecule has 0 saturated carbocycles. The number of aromatic nitrogens is 1. The zero-order valence-corrected chi connectivity index (χ0v) is 13.5. The van der Waals surface area contributed by atoms with Gasteiger partial charge in [-0.3, -0.25) is 4.79 Å². The molecular weight excluding hydrogens is 349 g/mol. The van der Waals surface area contributed by atoms with Crippen LogP contribution in [0.5, 0.6) is 5.75 Å². The van der Waals surface area contributed by atoms with Crippen molar-refractivity contribution in [1.82, 2.24) is 10.3 Å². The molecule has 26 heavy (non-hydrogen) atoms. The Morgan fingerprint density at radius 3 is 2.58 bits per heavy atom. The largest absolute Gasteiger partial charge is 0.484 e. The molecule has 2 rings (SSSR count). The van der Waals surface area contributed by atoms with Crippen molar-refractivity contribution in [1.29, 1.82) is 5.26 Å². The normalized spacial score (nSPS) is 10.7. The van der Waals surface area contributed by atoms with Gasteiger partial charge in [-0.25, -0.2) is 4.98 Å². The molecule has 1 amide bonds. The number of alkyl halides is 3. The molecule has 0 radical (unpaired) electrons. The van der Waals surface area contributed by atoms with E-state index in [2.05, 4.69) is 15.6 Å². The summed E-state index contributed by atoms with van der Waals surface area (Å²) in [5.41, 5.74) is -0.393. The number of carbonyl (C=O) groups excluding carboxylic acids is 1. The second kappa shape index (κ2) is 8.71. The highest BCUT2D eigenvalue weighted by atomic mass is 19.4. The molecule has 1 aromatic carbocycles. The van der Waals surface area contributed by atoms with E-state index < -0.39 is 17.6 Å². The number of rotatable bonds is 7. The number of anilines is 1. The van der Waals surface area contributed by atoms with Gasteiger partial charge in [-0.2, -0.15) is 18.4 Å². The number of pyridine rings is 1. The monoisotopic (exact) mass is 364 g/mol. The number of hydrogen-bond acceptors (Lipinski definition) is 5. The van der Waals surface area contributed by atoms with Crippen LogP contribution in [0.2, 0.25) is 0 Å². The van der Waals surface area contributed by atoms with E-state index in [1.807, 2.05) is 6.07 Å². The fourth-order valence-electron chi connectivity index (χ4n) is 1.98. The molecule has 2 aromatic rings. The van der Waals surface area contributed by atoms with Crippen LogP contribution in [0.4, 0.5) is 19.0 Å². The first-order valence-corrected chi connectivity index (χ1v) is 7.56. The zero-order chi connectivity index (χ0) is 19.0. The van der Waals surface area contributed by atoms with Gasteiger partial charge in [-0.1, -0.05) is 0 Å². The second-order valence-electron chi connectivity index (χ2n) is 5.10. The molecule has 1 heterocycles. The maximum atomic E-state index is 12.8. The van der Waals surface area contributed by atoms with Crippen LogP contribution in [-0.4, -0.2) is 30.6 Å². The Morgan fingerprint density at radius 1 is 1.19 bits per heavy atom. The van der Waals surface area contributed by atoms with Gasteiger partial charge in [0.2, 0.25) is 0 Å². The molecule has 1 aromatic heterocycles. The van der Waals surface area contributed by atoms with Crippen molar-refractivity contribution >= 4 is 11.7 Å². The number of amides is 1. The maximum Gasteiger partial charge on any atom is 0.419 e. The van der Waals surface area contributed by atoms with Crippen LogP contribution in [0.25, 0.3) is 0 Å². The van der Waals surface area contributed by atoms with Gasteiger partial charge in [0.25, 0.3) is 5.91 Å². The Morgan fingerprint density at radius 2 is 1.92 bits per heavy atom. The maximum absolute atomic E-state index is 12.8. The summed E-state index contributed by atoms with van der Waals surface area (Å²) in [6.45, 7) is -0.0740. The zero-order valence-electron chi connectivity index (χ0n) is 13.5. The predicted octanol–water partition coefficient (Wildman–Crippen LogP) is 2.58. The summed E-state index contributed by atoms with van der Waals surface area (Å²) < 4.78 is 43.7. The molecule has 0 spiro atoms. The summed E-state index contributed by atoms with van der Waals surface area (Å²) in [6.07, 6.45) is -3.25. The van der Waals surface area contributed by atoms with E-state index in [1.54, 1.807) is 24.3 Å². The molecule has 9 heteroatoms. The van der Waals surface area contributed by atoms with Crippen LogP contribution >= 0.6 is 0 Å². The smallest absolute Gasteiger partial charge is 0.419 e. The highest BCUT2D eigenvalue weighted by Crippen LogP contribution is 2.33. The number of halogens is 3. The van der Waals surface area contributed by atoms with Gasteiger partial charge in [-0.05, 0) is 36.4 Å². The fraction of sp³-hybridized carbons (Fsp3) is 0.235. The van der Waals surface area contributed by atoms with Gasteiger partial charge in [-0.15, -0.1) is 0 Å². The second-order valence-corrected chi connectivity index (χ2v) is 5.10. The third-order valence-corrected chi connectivity index (χ3v) is 3.21. The topological polar surface area (TPSA) is 87.0 Å². The lowest BCUT2D eigenvalue weighted by molar-refractivity contribution is -0.137. The summed E-state index contributed by atoms with van der Waals surface area (Å²) in [7, 11) is 0. The number of ether oxygens (including phenoxy) is 1. The highest BCUT2D eigenvalue weighted by molar-refractivity contribution is 5.77. The van der Waals surface area contributed by atoms with Crippen LogP contribution in [0.3, 0.4) is 0 Å². The minimum absolute atomic E-state index is 0.0721. The number of nitriles is 1. The first kappa shape index (κ1) is 19.1. The van der Waals surface area contributed by atoms with Crippen molar-refractivity contribution < 1.29 is 22.7 Å². The van der Waals surface area contributed by atoms with Crippen molar-refractivity contribution in [3.05, 3.63) is 53.7 Å². The molecule has 6 nitrogen and oxygen atoms in total. The molecule has 136 valence electrons. The average Bonchev–Trinajstić information content (AvgIpc) is 2.63. The van der Waals surface area contributed by atoms with E-state index in [-0.39, 0.29) is 25.5 Å². The molecule has 0 aliphatic rings. The molecule has 2 N–H and O–H groups in total. The molecule has 0 saturated heterocycles. The molecule has 0 bridgehead atoms. The predicted molar refractivity (Wildman–Crippen MR) is 87.4 cm³/mol. The Balaban J connectivity index is 1.73. The van der Waals surface area contributed by atoms with E-state index >= 15 is 0 Å². The third kappa shape index (κ3) is 5.66. The van der Waals surface area contributed by atoms with Crippen LogP contribution in [0.15, 0.2) is 42.6 Å². The Hall–Kier alpha value is -3.28. The standard InChI is InChI=1S/C17H15F3N4O2/c18-17(19,20)14-2-1-7-23-16(14)24-9-8-22-15(25)11-26-13-5-3-12(10-21)4-6-13/h1-7H,8-9,11H2,(H,22,25)(H,23,24). The van der Waals surface area contributed by atoms with Gasteiger partial charge in [0.05, 0.1) is 17.2 Å². The van der Waals surface area contributed by atoms with E-state index in [0.29, 0.717) is 11.3 Å². The number of carbonyl (C=O) groups is 1. The van der Waals surface area contributed by atoms with Gasteiger partial charge in [0.1, 0.15) is 11.6 Å². The van der Waals surface area contributed by atoms with Crippen LogP contribution in [-0.2, 0) is 11.0 Å². The number of nitrogens with zero attached hydrogens (tertiary/aromatic N) is 2. The molecule has 0 fully saturated rings. The van der Waals surface area contributed by atoms with E-state index in [9.17, 15) is 18.0 Å². The minimum Gasteiger partial charge on any atom is -0.484 e. The van der Waals surface area contributed by atoms with Crippen LogP contribution in [0.1, 0.15) is 11.1 Å². The van der Waals surface area contributed by atoms with Gasteiger partial charge >= 0.3 is 6.18 Å². The summed E-state index contributed by atoms with van der Waals surface area (Å²) in [5.74, 6) is -0.281. The van der Waals surface area contributed by atoms with Crippen molar-refractivity contribution in [3.8, 4) is 11.8 Å². The van der Waals surface area contributed by atoms with Gasteiger partial charge in [0.15, 0.2) is 6.61 Å². The van der Waals surface area contributed by atoms with Crippen LogP contribution < -0.4 is 15.4 Å². The summed E-state index contributed by atoms with van der Waals surface area (Å²) >= 11 is 0. The minimum atomic E-state index is -4.51. The van der Waals surface area contributed by atoms with Crippen molar-refractivity contribution in [2.24, 2.45) is 0 Å². The molecule has 0 aliphatic heterocycles. The van der Waals surface area contributed by atoms with E-state index in [1.165, 1.54) is 12.3 Å². The van der Waals surface area contributed by atoms with E-state index in [4.69, 9.17) is 10.00 Å². The fourth-order valence-corrected chi connectivity index (χ4v) is 1.98. The Labute approximate surface area is 147 Å². The van der Waals surface area contributed by atoms with Crippen molar-refractivity contribution in [3.63, 3.8) is 0 Å². The van der Waals surface area contributed by atoms with Crippen molar-refractivity contribution in [2.45, 2.75) is 6.18 Å².